The summed E-state index contributed by atoms with van der Waals surface area (Å²) in [5.41, 5.74) is 11.0. The van der Waals surface area contributed by atoms with Crippen LogP contribution in [0.2, 0.25) is 0 Å². The lowest BCUT2D eigenvalue weighted by Crippen LogP contribution is -2.02. The molecule has 0 aromatic heterocycles. The molecule has 0 saturated carbocycles. The van der Waals surface area contributed by atoms with E-state index in [1.807, 2.05) is 0 Å². The first kappa shape index (κ1) is 11.9. The van der Waals surface area contributed by atoms with Crippen LogP contribution < -0.4 is 5.73 Å². The smallest absolute Gasteiger partial charge is 0.00367 e. The van der Waals surface area contributed by atoms with Gasteiger partial charge < -0.3 is 5.73 Å². The fraction of sp³-hybridized carbons (Fsp3) is 0.250. The highest BCUT2D eigenvalue weighted by molar-refractivity contribution is 5.68. The fourth-order valence-corrected chi connectivity index (χ4v) is 2.17. The lowest BCUT2D eigenvalue weighted by molar-refractivity contribution is 0.969. The average Bonchev–Trinajstić information content (AvgIpc) is 2.39. The molecular formula is C16H19N. The normalized spacial score (nSPS) is 10.5. The molecular weight excluding hydrogens is 206 g/mol. The summed E-state index contributed by atoms with van der Waals surface area (Å²) in [6.07, 6.45) is 2.01. The van der Waals surface area contributed by atoms with Gasteiger partial charge in [-0.05, 0) is 41.6 Å². The van der Waals surface area contributed by atoms with Gasteiger partial charge in [-0.2, -0.15) is 0 Å². The maximum Gasteiger partial charge on any atom is -0.00367 e. The first-order valence-corrected chi connectivity index (χ1v) is 6.22. The third kappa shape index (κ3) is 2.75. The van der Waals surface area contributed by atoms with E-state index in [0.29, 0.717) is 6.54 Å². The Kier molecular flexibility index (Phi) is 3.94. The second kappa shape index (κ2) is 5.65. The lowest BCUT2D eigenvalue weighted by Gasteiger charge is -2.09. The highest BCUT2D eigenvalue weighted by Crippen LogP contribution is 2.24. The molecule has 0 aliphatic rings. The first-order valence-electron chi connectivity index (χ1n) is 6.22. The van der Waals surface area contributed by atoms with Gasteiger partial charge in [0.15, 0.2) is 0 Å². The zero-order chi connectivity index (χ0) is 12.1. The Hall–Kier alpha value is -1.60. The van der Waals surface area contributed by atoms with Gasteiger partial charge in [-0.15, -0.1) is 0 Å². The first-order chi connectivity index (χ1) is 8.35. The largest absolute Gasteiger partial charge is 0.330 e. The number of aryl methyl sites for hydroxylation is 1. The van der Waals surface area contributed by atoms with Crippen molar-refractivity contribution in [2.45, 2.75) is 19.8 Å². The quantitative estimate of drug-likeness (QED) is 0.847. The van der Waals surface area contributed by atoms with E-state index in [1.165, 1.54) is 22.3 Å². The standard InChI is InChI=1S/C16H19N/c1-2-14-7-3-4-9-16(14)15-8-5-6-13(12-15)10-11-17/h3-9,12H,2,10-11,17H2,1H3. The summed E-state index contributed by atoms with van der Waals surface area (Å²) < 4.78 is 0. The molecule has 17 heavy (non-hydrogen) atoms. The van der Waals surface area contributed by atoms with Crippen LogP contribution in [0.4, 0.5) is 0 Å². The second-order valence-corrected chi connectivity index (χ2v) is 4.25. The molecule has 0 atom stereocenters. The lowest BCUT2D eigenvalue weighted by atomic mass is 9.96. The van der Waals surface area contributed by atoms with Crippen LogP contribution in [0.15, 0.2) is 48.5 Å². The minimum absolute atomic E-state index is 0.707. The Morgan fingerprint density at radius 1 is 1.00 bits per heavy atom. The molecule has 0 amide bonds. The van der Waals surface area contributed by atoms with Gasteiger partial charge in [0.05, 0.1) is 0 Å². The van der Waals surface area contributed by atoms with Gasteiger partial charge in [0.1, 0.15) is 0 Å². The van der Waals surface area contributed by atoms with Crippen molar-refractivity contribution in [3.8, 4) is 11.1 Å². The highest BCUT2D eigenvalue weighted by Gasteiger charge is 2.03. The number of hydrogen-bond acceptors (Lipinski definition) is 1. The Labute approximate surface area is 103 Å². The van der Waals surface area contributed by atoms with Crippen LogP contribution in [0.25, 0.3) is 11.1 Å². The molecule has 0 saturated heterocycles. The van der Waals surface area contributed by atoms with Gasteiger partial charge in [0, 0.05) is 0 Å². The van der Waals surface area contributed by atoms with Crippen molar-refractivity contribution < 1.29 is 0 Å². The number of nitrogens with two attached hydrogens (primary N) is 1. The summed E-state index contributed by atoms with van der Waals surface area (Å²) in [6.45, 7) is 2.90. The minimum atomic E-state index is 0.707. The summed E-state index contributed by atoms with van der Waals surface area (Å²) >= 11 is 0. The Morgan fingerprint density at radius 3 is 2.59 bits per heavy atom. The van der Waals surface area contributed by atoms with Gasteiger partial charge >= 0.3 is 0 Å². The van der Waals surface area contributed by atoms with Crippen LogP contribution in [-0.4, -0.2) is 6.54 Å². The molecule has 2 aromatic carbocycles. The van der Waals surface area contributed by atoms with Crippen molar-refractivity contribution >= 4 is 0 Å². The molecule has 0 fully saturated rings. The highest BCUT2D eigenvalue weighted by atomic mass is 14.5. The third-order valence-corrected chi connectivity index (χ3v) is 3.07. The SMILES string of the molecule is CCc1ccccc1-c1cccc(CCN)c1. The summed E-state index contributed by atoms with van der Waals surface area (Å²) in [5, 5.41) is 0. The molecule has 0 radical (unpaired) electrons. The van der Waals surface area contributed by atoms with E-state index in [1.54, 1.807) is 0 Å². The van der Waals surface area contributed by atoms with Gasteiger partial charge in [-0.25, -0.2) is 0 Å². The molecule has 0 spiro atoms. The van der Waals surface area contributed by atoms with Crippen molar-refractivity contribution in [2.75, 3.05) is 6.54 Å². The minimum Gasteiger partial charge on any atom is -0.330 e. The monoisotopic (exact) mass is 225 g/mol. The van der Waals surface area contributed by atoms with Crippen molar-refractivity contribution in [3.63, 3.8) is 0 Å². The summed E-state index contributed by atoms with van der Waals surface area (Å²) in [6, 6.07) is 17.3. The van der Waals surface area contributed by atoms with Gasteiger partial charge in [-0.1, -0.05) is 55.5 Å². The number of hydrogen-bond donors (Lipinski definition) is 1. The fourth-order valence-electron chi connectivity index (χ4n) is 2.17. The summed E-state index contributed by atoms with van der Waals surface area (Å²) in [5.74, 6) is 0. The van der Waals surface area contributed by atoms with Crippen LogP contribution in [-0.2, 0) is 12.8 Å². The van der Waals surface area contributed by atoms with E-state index in [4.69, 9.17) is 5.73 Å². The molecule has 0 aliphatic carbocycles. The van der Waals surface area contributed by atoms with Gasteiger partial charge in [0.25, 0.3) is 0 Å². The van der Waals surface area contributed by atoms with E-state index >= 15 is 0 Å². The number of benzene rings is 2. The molecule has 0 unspecified atom stereocenters. The van der Waals surface area contributed by atoms with Crippen LogP contribution >= 0.6 is 0 Å². The molecule has 2 aromatic rings. The Bertz CT molecular complexity index is 488. The average molecular weight is 225 g/mol. The molecule has 0 aliphatic heterocycles. The van der Waals surface area contributed by atoms with E-state index in [0.717, 1.165) is 12.8 Å². The molecule has 1 nitrogen and oxygen atoms in total. The molecule has 2 N–H and O–H groups in total. The molecule has 2 rings (SSSR count). The topological polar surface area (TPSA) is 26.0 Å². The second-order valence-electron chi connectivity index (χ2n) is 4.25. The predicted octanol–water partition coefficient (Wildman–Crippen LogP) is 3.42. The van der Waals surface area contributed by atoms with Crippen LogP contribution in [0.1, 0.15) is 18.1 Å². The third-order valence-electron chi connectivity index (χ3n) is 3.07. The van der Waals surface area contributed by atoms with E-state index in [-0.39, 0.29) is 0 Å². The van der Waals surface area contributed by atoms with Crippen molar-refractivity contribution in [1.82, 2.24) is 0 Å². The van der Waals surface area contributed by atoms with Crippen LogP contribution in [0.5, 0.6) is 0 Å². The van der Waals surface area contributed by atoms with Crippen molar-refractivity contribution in [1.29, 1.82) is 0 Å². The van der Waals surface area contributed by atoms with Gasteiger partial charge in [0.2, 0.25) is 0 Å². The maximum absolute atomic E-state index is 5.61. The van der Waals surface area contributed by atoms with E-state index in [2.05, 4.69) is 55.5 Å². The van der Waals surface area contributed by atoms with Crippen molar-refractivity contribution in [2.24, 2.45) is 5.73 Å². The number of rotatable bonds is 4. The zero-order valence-electron chi connectivity index (χ0n) is 10.3. The summed E-state index contributed by atoms with van der Waals surface area (Å²) in [7, 11) is 0. The van der Waals surface area contributed by atoms with E-state index < -0.39 is 0 Å². The van der Waals surface area contributed by atoms with Crippen molar-refractivity contribution in [3.05, 3.63) is 59.7 Å². The van der Waals surface area contributed by atoms with Crippen LogP contribution in [0, 0.1) is 0 Å². The maximum atomic E-state index is 5.61. The van der Waals surface area contributed by atoms with Crippen LogP contribution in [0.3, 0.4) is 0 Å². The molecule has 0 heterocycles. The van der Waals surface area contributed by atoms with E-state index in [9.17, 15) is 0 Å². The Balaban J connectivity index is 2.41. The molecule has 88 valence electrons. The molecule has 0 bridgehead atoms. The Morgan fingerprint density at radius 2 is 1.82 bits per heavy atom. The summed E-state index contributed by atoms with van der Waals surface area (Å²) in [4.78, 5) is 0. The zero-order valence-corrected chi connectivity index (χ0v) is 10.3. The predicted molar refractivity (Wildman–Crippen MR) is 74.0 cm³/mol. The van der Waals surface area contributed by atoms with Gasteiger partial charge in [-0.3, -0.25) is 0 Å². The molecule has 1 heteroatoms.